The first-order chi connectivity index (χ1) is 3.79. The van der Waals surface area contributed by atoms with E-state index in [1.807, 2.05) is 0 Å². The molecule has 1 aliphatic heterocycles. The van der Waals surface area contributed by atoms with Crippen molar-refractivity contribution in [1.29, 1.82) is 0 Å². The monoisotopic (exact) mass is 116 g/mol. The minimum absolute atomic E-state index is 0.193. The molecule has 8 heavy (non-hydrogen) atoms. The first kappa shape index (κ1) is 5.56. The third-order valence-electron chi connectivity index (χ3n) is 0.875. The highest BCUT2D eigenvalue weighted by Gasteiger charge is 2.23. The molecule has 1 rings (SSSR count). The van der Waals surface area contributed by atoms with Gasteiger partial charge < -0.3 is 9.47 Å². The van der Waals surface area contributed by atoms with Crippen molar-refractivity contribution in [3.8, 4) is 0 Å². The van der Waals surface area contributed by atoms with Crippen LogP contribution < -0.4 is 0 Å². The molecule has 0 radical (unpaired) electrons. The number of rotatable bonds is 2. The summed E-state index contributed by atoms with van der Waals surface area (Å²) in [6.45, 7) is 2.56. The predicted molar refractivity (Wildman–Crippen MR) is 26.4 cm³/mol. The largest absolute Gasteiger partial charge is 0.463 e. The molecule has 46 valence electrons. The Balaban J connectivity index is 1.95. The number of hydrogen-bond acceptors (Lipinski definition) is 3. The van der Waals surface area contributed by atoms with Crippen LogP contribution in [0.1, 0.15) is 6.92 Å². The van der Waals surface area contributed by atoms with Crippen LogP contribution in [0.4, 0.5) is 0 Å². The number of hydrogen-bond donors (Lipinski definition) is 0. The zero-order valence-corrected chi connectivity index (χ0v) is 4.72. The highest BCUT2D eigenvalue weighted by molar-refractivity contribution is 5.65. The summed E-state index contributed by atoms with van der Waals surface area (Å²) < 4.78 is 9.38. The van der Waals surface area contributed by atoms with Crippen LogP contribution in [-0.2, 0) is 14.3 Å². The molecule has 0 bridgehead atoms. The van der Waals surface area contributed by atoms with Crippen molar-refractivity contribution in [2.24, 2.45) is 0 Å². The molecule has 0 N–H and O–H groups in total. The molecule has 3 heteroatoms. The van der Waals surface area contributed by atoms with E-state index in [9.17, 15) is 4.79 Å². The van der Waals surface area contributed by atoms with Crippen molar-refractivity contribution in [2.45, 2.75) is 13.0 Å². The highest BCUT2D eigenvalue weighted by Crippen LogP contribution is 2.07. The van der Waals surface area contributed by atoms with Gasteiger partial charge in [0.15, 0.2) is 0 Å². The van der Waals surface area contributed by atoms with E-state index in [4.69, 9.17) is 4.74 Å². The molecule has 0 aliphatic carbocycles. The fraction of sp³-hybridized carbons (Fsp3) is 0.800. The van der Waals surface area contributed by atoms with Crippen LogP contribution in [-0.4, -0.2) is 25.3 Å². The van der Waals surface area contributed by atoms with E-state index in [-0.39, 0.29) is 12.1 Å². The zero-order valence-electron chi connectivity index (χ0n) is 4.72. The Bertz CT molecular complexity index is 95.8. The van der Waals surface area contributed by atoms with E-state index in [1.165, 1.54) is 6.92 Å². The molecule has 1 fully saturated rings. The minimum atomic E-state index is -0.236. The molecular formula is C5H8O3. The van der Waals surface area contributed by atoms with Crippen LogP contribution in [0.25, 0.3) is 0 Å². The van der Waals surface area contributed by atoms with E-state index in [2.05, 4.69) is 4.74 Å². The Morgan fingerprint density at radius 2 is 2.62 bits per heavy atom. The van der Waals surface area contributed by atoms with Gasteiger partial charge in [-0.3, -0.25) is 4.79 Å². The summed E-state index contributed by atoms with van der Waals surface area (Å²) in [5.41, 5.74) is 0. The molecule has 1 heterocycles. The molecule has 0 aromatic carbocycles. The fourth-order valence-electron chi connectivity index (χ4n) is 0.375. The summed E-state index contributed by atoms with van der Waals surface area (Å²) >= 11 is 0. The number of carbonyl (C=O) groups excluding carboxylic acids is 1. The SMILES string of the molecule is CC(=O)OC[C@H]1CO1. The van der Waals surface area contributed by atoms with Gasteiger partial charge in [-0.25, -0.2) is 0 Å². The van der Waals surface area contributed by atoms with Gasteiger partial charge in [0.05, 0.1) is 6.61 Å². The van der Waals surface area contributed by atoms with Crippen LogP contribution >= 0.6 is 0 Å². The van der Waals surface area contributed by atoms with Gasteiger partial charge >= 0.3 is 5.97 Å². The fourth-order valence-corrected chi connectivity index (χ4v) is 0.375. The Labute approximate surface area is 47.6 Å². The molecule has 1 aliphatic rings. The van der Waals surface area contributed by atoms with E-state index in [0.29, 0.717) is 6.61 Å². The molecule has 0 aromatic heterocycles. The van der Waals surface area contributed by atoms with E-state index < -0.39 is 0 Å². The molecule has 0 saturated carbocycles. The Kier molecular flexibility index (Phi) is 1.48. The summed E-state index contributed by atoms with van der Waals surface area (Å²) in [5.74, 6) is -0.236. The molecule has 0 spiro atoms. The van der Waals surface area contributed by atoms with Crippen LogP contribution in [0.5, 0.6) is 0 Å². The lowest BCUT2D eigenvalue weighted by Crippen LogP contribution is -2.05. The summed E-state index contributed by atoms with van der Waals surface area (Å²) in [6, 6.07) is 0. The summed E-state index contributed by atoms with van der Waals surface area (Å²) in [6.07, 6.45) is 0.193. The molecule has 0 unspecified atom stereocenters. The van der Waals surface area contributed by atoms with Gasteiger partial charge in [-0.1, -0.05) is 0 Å². The van der Waals surface area contributed by atoms with Crippen molar-refractivity contribution >= 4 is 5.97 Å². The van der Waals surface area contributed by atoms with Gasteiger partial charge in [-0.2, -0.15) is 0 Å². The van der Waals surface area contributed by atoms with Crippen molar-refractivity contribution < 1.29 is 14.3 Å². The summed E-state index contributed by atoms with van der Waals surface area (Å²) in [7, 11) is 0. The quantitative estimate of drug-likeness (QED) is 0.375. The van der Waals surface area contributed by atoms with Crippen LogP contribution in [0, 0.1) is 0 Å². The van der Waals surface area contributed by atoms with Gasteiger partial charge in [-0.15, -0.1) is 0 Å². The minimum Gasteiger partial charge on any atom is -0.463 e. The first-order valence-electron chi connectivity index (χ1n) is 2.54. The summed E-state index contributed by atoms with van der Waals surface area (Å²) in [4.78, 5) is 10.1. The molecule has 1 saturated heterocycles. The number of ether oxygens (including phenoxy) is 2. The normalized spacial score (nSPS) is 24.9. The average Bonchev–Trinajstić information content (AvgIpc) is 2.41. The summed E-state index contributed by atoms with van der Waals surface area (Å²) in [5, 5.41) is 0. The Hall–Kier alpha value is -0.570. The van der Waals surface area contributed by atoms with Crippen LogP contribution in [0.2, 0.25) is 0 Å². The van der Waals surface area contributed by atoms with Gasteiger partial charge in [-0.05, 0) is 0 Å². The molecule has 0 aromatic rings. The van der Waals surface area contributed by atoms with Crippen LogP contribution in [0.15, 0.2) is 0 Å². The van der Waals surface area contributed by atoms with E-state index in [0.717, 1.165) is 6.61 Å². The molecule has 3 nitrogen and oxygen atoms in total. The second-order valence-corrected chi connectivity index (χ2v) is 1.76. The van der Waals surface area contributed by atoms with Crippen molar-refractivity contribution in [2.75, 3.05) is 13.2 Å². The van der Waals surface area contributed by atoms with Crippen molar-refractivity contribution in [1.82, 2.24) is 0 Å². The smallest absolute Gasteiger partial charge is 0.302 e. The van der Waals surface area contributed by atoms with E-state index in [1.54, 1.807) is 0 Å². The third-order valence-corrected chi connectivity index (χ3v) is 0.875. The molecular weight excluding hydrogens is 108 g/mol. The van der Waals surface area contributed by atoms with Crippen LogP contribution in [0.3, 0.4) is 0 Å². The van der Waals surface area contributed by atoms with Gasteiger partial charge in [0, 0.05) is 6.92 Å². The topological polar surface area (TPSA) is 38.8 Å². The van der Waals surface area contributed by atoms with Gasteiger partial charge in [0.25, 0.3) is 0 Å². The van der Waals surface area contributed by atoms with Gasteiger partial charge in [0.2, 0.25) is 0 Å². The number of esters is 1. The van der Waals surface area contributed by atoms with E-state index >= 15 is 0 Å². The zero-order chi connectivity index (χ0) is 5.98. The maximum absolute atomic E-state index is 10.1. The highest BCUT2D eigenvalue weighted by atomic mass is 16.6. The first-order valence-corrected chi connectivity index (χ1v) is 2.54. The maximum Gasteiger partial charge on any atom is 0.302 e. The average molecular weight is 116 g/mol. The Morgan fingerprint density at radius 3 is 3.00 bits per heavy atom. The predicted octanol–water partition coefficient (Wildman–Crippen LogP) is -0.0517. The molecule has 0 amide bonds. The molecule has 1 atom stereocenters. The standard InChI is InChI=1S/C5H8O3/c1-4(6)7-2-5-3-8-5/h5H,2-3H2,1H3/t5-/m0/s1. The second-order valence-electron chi connectivity index (χ2n) is 1.76. The van der Waals surface area contributed by atoms with Crippen molar-refractivity contribution in [3.63, 3.8) is 0 Å². The second kappa shape index (κ2) is 2.13. The number of epoxide rings is 1. The lowest BCUT2D eigenvalue weighted by Gasteiger charge is -1.93. The lowest BCUT2D eigenvalue weighted by atomic mass is 10.5. The van der Waals surface area contributed by atoms with Crippen molar-refractivity contribution in [3.05, 3.63) is 0 Å². The Morgan fingerprint density at radius 1 is 2.00 bits per heavy atom. The number of carbonyl (C=O) groups is 1. The third kappa shape index (κ3) is 1.93. The lowest BCUT2D eigenvalue weighted by molar-refractivity contribution is -0.141. The van der Waals surface area contributed by atoms with Gasteiger partial charge in [0.1, 0.15) is 12.7 Å². The maximum atomic E-state index is 10.1.